The second-order valence-corrected chi connectivity index (χ2v) is 6.94. The molecule has 1 aliphatic rings. The van der Waals surface area contributed by atoms with Crippen LogP contribution in [0, 0.1) is 0 Å². The van der Waals surface area contributed by atoms with Crippen molar-refractivity contribution in [2.45, 2.75) is 25.9 Å². The number of aliphatic hydroxyl groups excluding tert-OH is 1. The first-order chi connectivity index (χ1) is 14.3. The molecule has 30 heavy (non-hydrogen) atoms. The first-order valence-corrected chi connectivity index (χ1v) is 9.45. The Bertz CT molecular complexity index is 960. The monoisotopic (exact) mass is 440 g/mol. The van der Waals surface area contributed by atoms with Gasteiger partial charge in [-0.2, -0.15) is 0 Å². The van der Waals surface area contributed by atoms with Crippen molar-refractivity contribution in [3.05, 3.63) is 51.9 Å². The minimum atomic E-state index is -2.65. The third-order valence-electron chi connectivity index (χ3n) is 4.61. The molecule has 0 radical (unpaired) electrons. The lowest BCUT2D eigenvalue weighted by Crippen LogP contribution is -2.29. The van der Waals surface area contributed by atoms with Crippen LogP contribution < -0.4 is 10.1 Å². The molecular weight excluding hydrogens is 422 g/mol. The standard InChI is InChI=1S/C19H19ClF2N4O4/c1-10(11-6-14(20)18(25-7-11)30-9-15(21)22)26-8-13-12(19(26)29)2-3-23-16(13)17(28)24-4-5-27/h2-3,6-7,10,15,27H,4-5,8-9H2,1H3,(H,24,28). The van der Waals surface area contributed by atoms with Gasteiger partial charge in [0.1, 0.15) is 10.7 Å². The number of hydrogen-bond acceptors (Lipinski definition) is 6. The lowest BCUT2D eigenvalue weighted by molar-refractivity contribution is 0.0712. The number of rotatable bonds is 8. The van der Waals surface area contributed by atoms with E-state index in [4.69, 9.17) is 21.4 Å². The Labute approximate surface area is 175 Å². The smallest absolute Gasteiger partial charge is 0.272 e. The molecule has 0 fully saturated rings. The summed E-state index contributed by atoms with van der Waals surface area (Å²) in [5.41, 5.74) is 1.54. The third-order valence-corrected chi connectivity index (χ3v) is 4.88. The van der Waals surface area contributed by atoms with E-state index in [0.29, 0.717) is 16.7 Å². The van der Waals surface area contributed by atoms with Gasteiger partial charge in [-0.15, -0.1) is 0 Å². The Balaban J connectivity index is 1.81. The zero-order valence-electron chi connectivity index (χ0n) is 15.9. The molecule has 0 bridgehead atoms. The van der Waals surface area contributed by atoms with E-state index in [1.54, 1.807) is 13.0 Å². The van der Waals surface area contributed by atoms with Gasteiger partial charge < -0.3 is 20.1 Å². The van der Waals surface area contributed by atoms with Gasteiger partial charge in [0.15, 0.2) is 6.61 Å². The summed E-state index contributed by atoms with van der Waals surface area (Å²) in [5, 5.41) is 11.5. The van der Waals surface area contributed by atoms with E-state index >= 15 is 0 Å². The van der Waals surface area contributed by atoms with Crippen molar-refractivity contribution in [1.82, 2.24) is 20.2 Å². The molecule has 3 rings (SSSR count). The normalized spacial score (nSPS) is 14.1. The predicted molar refractivity (Wildman–Crippen MR) is 103 cm³/mol. The second-order valence-electron chi connectivity index (χ2n) is 6.53. The number of nitrogens with one attached hydrogen (secondary N) is 1. The van der Waals surface area contributed by atoms with Crippen LogP contribution in [-0.2, 0) is 6.54 Å². The quantitative estimate of drug-likeness (QED) is 0.652. The fourth-order valence-electron chi connectivity index (χ4n) is 3.11. The number of pyridine rings is 2. The van der Waals surface area contributed by atoms with Crippen molar-refractivity contribution in [2.24, 2.45) is 0 Å². The number of ether oxygens (including phenoxy) is 1. The van der Waals surface area contributed by atoms with Crippen molar-refractivity contribution in [2.75, 3.05) is 19.8 Å². The number of nitrogens with zero attached hydrogens (tertiary/aromatic N) is 3. The lowest BCUT2D eigenvalue weighted by atomic mass is 10.1. The summed E-state index contributed by atoms with van der Waals surface area (Å²) in [6.07, 6.45) is 0.132. The number of aromatic nitrogens is 2. The van der Waals surface area contributed by atoms with Crippen LogP contribution in [0.4, 0.5) is 8.78 Å². The fourth-order valence-corrected chi connectivity index (χ4v) is 3.34. The number of fused-ring (bicyclic) bond motifs is 1. The van der Waals surface area contributed by atoms with E-state index in [0.717, 1.165) is 0 Å². The topological polar surface area (TPSA) is 105 Å². The van der Waals surface area contributed by atoms with E-state index in [2.05, 4.69) is 15.3 Å². The Hall–Kier alpha value is -2.85. The number of amides is 2. The van der Waals surface area contributed by atoms with E-state index in [1.807, 2.05) is 0 Å². The van der Waals surface area contributed by atoms with Crippen LogP contribution in [0.2, 0.25) is 5.02 Å². The predicted octanol–water partition coefficient (Wildman–Crippen LogP) is 2.21. The van der Waals surface area contributed by atoms with E-state index in [-0.39, 0.29) is 42.2 Å². The third kappa shape index (κ3) is 4.49. The molecule has 0 saturated carbocycles. The zero-order valence-corrected chi connectivity index (χ0v) is 16.7. The van der Waals surface area contributed by atoms with Gasteiger partial charge >= 0.3 is 0 Å². The Kier molecular flexibility index (Phi) is 6.78. The number of carbonyl (C=O) groups excluding carboxylic acids is 2. The van der Waals surface area contributed by atoms with Crippen LogP contribution in [0.1, 0.15) is 44.9 Å². The van der Waals surface area contributed by atoms with Crippen LogP contribution in [-0.4, -0.2) is 58.0 Å². The summed E-state index contributed by atoms with van der Waals surface area (Å²) in [5.74, 6) is -0.880. The zero-order chi connectivity index (χ0) is 21.8. The Morgan fingerprint density at radius 3 is 2.87 bits per heavy atom. The molecule has 2 amide bonds. The molecule has 1 unspecified atom stereocenters. The highest BCUT2D eigenvalue weighted by molar-refractivity contribution is 6.31. The first-order valence-electron chi connectivity index (χ1n) is 9.07. The van der Waals surface area contributed by atoms with Crippen molar-refractivity contribution >= 4 is 23.4 Å². The average molecular weight is 441 g/mol. The maximum atomic E-state index is 12.9. The van der Waals surface area contributed by atoms with Gasteiger partial charge in [0.05, 0.1) is 12.6 Å². The molecule has 8 nitrogen and oxygen atoms in total. The maximum Gasteiger partial charge on any atom is 0.272 e. The average Bonchev–Trinajstić information content (AvgIpc) is 3.07. The summed E-state index contributed by atoms with van der Waals surface area (Å²) >= 11 is 6.09. The summed E-state index contributed by atoms with van der Waals surface area (Å²) < 4.78 is 29.5. The fraction of sp³-hybridized carbons (Fsp3) is 0.368. The molecule has 2 aromatic heterocycles. The van der Waals surface area contributed by atoms with Gasteiger partial charge in [0.25, 0.3) is 18.2 Å². The first kappa shape index (κ1) is 21.8. The molecule has 2 aromatic rings. The van der Waals surface area contributed by atoms with Gasteiger partial charge in [-0.05, 0) is 24.6 Å². The lowest BCUT2D eigenvalue weighted by Gasteiger charge is -2.24. The molecule has 0 aromatic carbocycles. The summed E-state index contributed by atoms with van der Waals surface area (Å²) in [4.78, 5) is 34.8. The molecule has 0 aliphatic carbocycles. The van der Waals surface area contributed by atoms with Gasteiger partial charge in [-0.3, -0.25) is 14.6 Å². The van der Waals surface area contributed by atoms with Crippen molar-refractivity contribution in [3.63, 3.8) is 0 Å². The molecule has 2 N–H and O–H groups in total. The van der Waals surface area contributed by atoms with E-state index < -0.39 is 25.0 Å². The summed E-state index contributed by atoms with van der Waals surface area (Å²) in [6.45, 7) is 0.938. The highest BCUT2D eigenvalue weighted by Gasteiger charge is 2.35. The SMILES string of the molecule is CC(c1cnc(OCC(F)F)c(Cl)c1)N1Cc2c(ccnc2C(=O)NCCO)C1=O. The number of aliphatic hydroxyl groups is 1. The minimum Gasteiger partial charge on any atom is -0.471 e. The summed E-state index contributed by atoms with van der Waals surface area (Å²) in [7, 11) is 0. The Morgan fingerprint density at radius 1 is 1.43 bits per heavy atom. The molecule has 1 aliphatic heterocycles. The molecule has 1 atom stereocenters. The minimum absolute atomic E-state index is 0.0508. The Morgan fingerprint density at radius 2 is 2.20 bits per heavy atom. The van der Waals surface area contributed by atoms with Gasteiger partial charge in [-0.25, -0.2) is 13.8 Å². The molecule has 11 heteroatoms. The van der Waals surface area contributed by atoms with Crippen LogP contribution in [0.25, 0.3) is 0 Å². The molecule has 0 spiro atoms. The van der Waals surface area contributed by atoms with Crippen LogP contribution in [0.15, 0.2) is 24.5 Å². The maximum absolute atomic E-state index is 12.9. The second kappa shape index (κ2) is 9.31. The molecule has 3 heterocycles. The van der Waals surface area contributed by atoms with Crippen LogP contribution >= 0.6 is 11.6 Å². The van der Waals surface area contributed by atoms with Crippen molar-refractivity contribution in [1.29, 1.82) is 0 Å². The number of hydrogen-bond donors (Lipinski definition) is 2. The van der Waals surface area contributed by atoms with Gasteiger partial charge in [-0.1, -0.05) is 11.6 Å². The number of alkyl halides is 2. The van der Waals surface area contributed by atoms with Gasteiger partial charge in [0, 0.05) is 36.6 Å². The largest absolute Gasteiger partial charge is 0.471 e. The van der Waals surface area contributed by atoms with E-state index in [1.165, 1.54) is 23.4 Å². The summed E-state index contributed by atoms with van der Waals surface area (Å²) in [6, 6.07) is 2.58. The van der Waals surface area contributed by atoms with Crippen LogP contribution in [0.3, 0.4) is 0 Å². The molecule has 160 valence electrons. The van der Waals surface area contributed by atoms with Crippen LogP contribution in [0.5, 0.6) is 5.88 Å². The van der Waals surface area contributed by atoms with Gasteiger partial charge in [0.2, 0.25) is 5.88 Å². The number of halogens is 3. The highest BCUT2D eigenvalue weighted by Crippen LogP contribution is 2.34. The van der Waals surface area contributed by atoms with Crippen molar-refractivity contribution in [3.8, 4) is 5.88 Å². The molecule has 0 saturated heterocycles. The molecular formula is C19H19ClF2N4O4. The van der Waals surface area contributed by atoms with Crippen molar-refractivity contribution < 1.29 is 28.2 Å². The number of carbonyl (C=O) groups is 2. The van der Waals surface area contributed by atoms with E-state index in [9.17, 15) is 18.4 Å². The highest BCUT2D eigenvalue weighted by atomic mass is 35.5.